The average molecular weight is 315 g/mol. The van der Waals surface area contributed by atoms with Crippen molar-refractivity contribution in [3.8, 4) is 5.75 Å². The highest BCUT2D eigenvalue weighted by molar-refractivity contribution is 5.89. The fraction of sp³-hybridized carbons (Fsp3) is 0.412. The van der Waals surface area contributed by atoms with Crippen molar-refractivity contribution in [2.45, 2.75) is 26.4 Å². The van der Waals surface area contributed by atoms with Gasteiger partial charge in [0.25, 0.3) is 0 Å². The van der Waals surface area contributed by atoms with E-state index >= 15 is 0 Å². The minimum Gasteiger partial charge on any atom is -0.497 e. The van der Waals surface area contributed by atoms with Gasteiger partial charge in [-0.15, -0.1) is 0 Å². The molecule has 2 aromatic rings. The molecule has 1 aromatic heterocycles. The lowest BCUT2D eigenvalue weighted by molar-refractivity contribution is 0.0511. The number of hydrogen-bond donors (Lipinski definition) is 1. The normalized spacial score (nSPS) is 13.5. The zero-order valence-electron chi connectivity index (χ0n) is 13.5. The van der Waals surface area contributed by atoms with E-state index in [4.69, 9.17) is 9.47 Å². The summed E-state index contributed by atoms with van der Waals surface area (Å²) in [5, 5.41) is 7.93. The van der Waals surface area contributed by atoms with Gasteiger partial charge in [0.1, 0.15) is 5.75 Å². The monoisotopic (exact) mass is 315 g/mol. The molecular formula is C17H21N3O3. The number of carbonyl (C=O) groups is 1. The van der Waals surface area contributed by atoms with Crippen LogP contribution in [-0.4, -0.2) is 36.0 Å². The number of benzene rings is 1. The number of nitrogens with one attached hydrogen (secondary N) is 1. The van der Waals surface area contributed by atoms with Crippen molar-refractivity contribution in [1.29, 1.82) is 0 Å². The van der Waals surface area contributed by atoms with E-state index in [-0.39, 0.29) is 5.97 Å². The van der Waals surface area contributed by atoms with Gasteiger partial charge in [0, 0.05) is 25.1 Å². The molecule has 2 heterocycles. The number of nitrogens with zero attached hydrogens (tertiary/aromatic N) is 2. The summed E-state index contributed by atoms with van der Waals surface area (Å²) in [6.45, 7) is 4.21. The second-order valence-corrected chi connectivity index (χ2v) is 5.43. The molecule has 0 radical (unpaired) electrons. The second kappa shape index (κ2) is 6.83. The molecular weight excluding hydrogens is 294 g/mol. The predicted octanol–water partition coefficient (Wildman–Crippen LogP) is 1.76. The molecule has 1 aromatic carbocycles. The van der Waals surface area contributed by atoms with Crippen LogP contribution in [0.1, 0.15) is 34.2 Å². The average Bonchev–Trinajstić information content (AvgIpc) is 2.93. The van der Waals surface area contributed by atoms with Gasteiger partial charge in [-0.05, 0) is 24.6 Å². The van der Waals surface area contributed by atoms with Gasteiger partial charge in [-0.3, -0.25) is 4.68 Å². The lowest BCUT2D eigenvalue weighted by Crippen LogP contribution is -2.25. The highest BCUT2D eigenvalue weighted by Gasteiger charge is 2.26. The Morgan fingerprint density at radius 1 is 1.43 bits per heavy atom. The molecule has 122 valence electrons. The number of carbonyl (C=O) groups excluding carboxylic acids is 1. The fourth-order valence-corrected chi connectivity index (χ4v) is 2.84. The Bertz CT molecular complexity index is 709. The summed E-state index contributed by atoms with van der Waals surface area (Å²) in [4.78, 5) is 12.4. The van der Waals surface area contributed by atoms with Crippen LogP contribution in [0, 0.1) is 0 Å². The Morgan fingerprint density at radius 3 is 3.09 bits per heavy atom. The third-order valence-corrected chi connectivity index (χ3v) is 3.91. The number of aromatic nitrogens is 2. The molecule has 0 atom stereocenters. The molecule has 6 nitrogen and oxygen atoms in total. The predicted molar refractivity (Wildman–Crippen MR) is 85.7 cm³/mol. The molecule has 0 bridgehead atoms. The first-order chi connectivity index (χ1) is 11.2. The van der Waals surface area contributed by atoms with Crippen molar-refractivity contribution in [3.05, 3.63) is 46.8 Å². The third kappa shape index (κ3) is 3.22. The molecule has 0 amide bonds. The Labute approximate surface area is 135 Å². The molecule has 0 spiro atoms. The summed E-state index contributed by atoms with van der Waals surface area (Å²) in [7, 11) is 1.64. The van der Waals surface area contributed by atoms with Crippen LogP contribution in [0.5, 0.6) is 5.75 Å². The first kappa shape index (κ1) is 15.6. The standard InChI is InChI=1S/C17H21N3O3/c1-3-23-17(21)16-14-10-18-8-7-15(14)19-20(16)11-12-5-4-6-13(9-12)22-2/h4-6,9,18H,3,7-8,10-11H2,1-2H3. The van der Waals surface area contributed by atoms with Crippen molar-refractivity contribution < 1.29 is 14.3 Å². The lowest BCUT2D eigenvalue weighted by atomic mass is 10.1. The van der Waals surface area contributed by atoms with Gasteiger partial charge in [0.2, 0.25) is 0 Å². The number of hydrogen-bond acceptors (Lipinski definition) is 5. The first-order valence-corrected chi connectivity index (χ1v) is 7.82. The van der Waals surface area contributed by atoms with E-state index in [1.165, 1.54) is 0 Å². The molecule has 0 saturated carbocycles. The highest BCUT2D eigenvalue weighted by Crippen LogP contribution is 2.21. The van der Waals surface area contributed by atoms with Gasteiger partial charge in [-0.25, -0.2) is 4.79 Å². The highest BCUT2D eigenvalue weighted by atomic mass is 16.5. The maximum absolute atomic E-state index is 12.4. The molecule has 6 heteroatoms. The Hall–Kier alpha value is -2.34. The molecule has 1 N–H and O–H groups in total. The maximum atomic E-state index is 12.4. The summed E-state index contributed by atoms with van der Waals surface area (Å²) in [5.74, 6) is 0.478. The number of rotatable bonds is 5. The summed E-state index contributed by atoms with van der Waals surface area (Å²) in [6.07, 6.45) is 0.826. The van der Waals surface area contributed by atoms with Crippen molar-refractivity contribution in [1.82, 2.24) is 15.1 Å². The van der Waals surface area contributed by atoms with Crippen molar-refractivity contribution in [2.75, 3.05) is 20.3 Å². The first-order valence-electron chi connectivity index (χ1n) is 7.82. The minimum absolute atomic E-state index is 0.312. The number of ether oxygens (including phenoxy) is 2. The van der Waals surface area contributed by atoms with Crippen molar-refractivity contribution in [2.24, 2.45) is 0 Å². The van der Waals surface area contributed by atoms with E-state index in [9.17, 15) is 4.79 Å². The van der Waals surface area contributed by atoms with E-state index < -0.39 is 0 Å². The molecule has 3 rings (SSSR count). The smallest absolute Gasteiger partial charge is 0.356 e. The second-order valence-electron chi connectivity index (χ2n) is 5.43. The van der Waals surface area contributed by atoms with Gasteiger partial charge >= 0.3 is 5.97 Å². The summed E-state index contributed by atoms with van der Waals surface area (Å²) in [6, 6.07) is 7.78. The lowest BCUT2D eigenvalue weighted by Gasteiger charge is -2.12. The molecule has 0 unspecified atom stereocenters. The number of methoxy groups -OCH3 is 1. The number of fused-ring (bicyclic) bond motifs is 1. The van der Waals surface area contributed by atoms with Crippen LogP contribution in [-0.2, 0) is 24.2 Å². The van der Waals surface area contributed by atoms with E-state index in [1.807, 2.05) is 31.2 Å². The van der Waals surface area contributed by atoms with Gasteiger partial charge in [-0.2, -0.15) is 5.10 Å². The molecule has 1 aliphatic heterocycles. The van der Waals surface area contributed by atoms with E-state index in [1.54, 1.807) is 11.8 Å². The van der Waals surface area contributed by atoms with Crippen LogP contribution in [0.4, 0.5) is 0 Å². The molecule has 0 saturated heterocycles. The zero-order chi connectivity index (χ0) is 16.2. The third-order valence-electron chi connectivity index (χ3n) is 3.91. The SMILES string of the molecule is CCOC(=O)c1c2c(nn1Cc1cccc(OC)c1)CCNC2. The van der Waals surface area contributed by atoms with Crippen LogP contribution in [0.2, 0.25) is 0 Å². The summed E-state index contributed by atoms with van der Waals surface area (Å²) < 4.78 is 12.2. The minimum atomic E-state index is -0.312. The fourth-order valence-electron chi connectivity index (χ4n) is 2.84. The van der Waals surface area contributed by atoms with Crippen molar-refractivity contribution >= 4 is 5.97 Å². The molecule has 1 aliphatic rings. The quantitative estimate of drug-likeness (QED) is 0.852. The Balaban J connectivity index is 1.97. The van der Waals surface area contributed by atoms with Crippen LogP contribution in [0.25, 0.3) is 0 Å². The topological polar surface area (TPSA) is 65.4 Å². The van der Waals surface area contributed by atoms with Gasteiger partial charge in [0.15, 0.2) is 5.69 Å². The largest absolute Gasteiger partial charge is 0.497 e. The van der Waals surface area contributed by atoms with E-state index in [0.29, 0.717) is 25.4 Å². The van der Waals surface area contributed by atoms with Gasteiger partial charge in [-0.1, -0.05) is 12.1 Å². The van der Waals surface area contributed by atoms with Crippen LogP contribution in [0.3, 0.4) is 0 Å². The van der Waals surface area contributed by atoms with Gasteiger partial charge in [0.05, 0.1) is 26.0 Å². The van der Waals surface area contributed by atoms with Gasteiger partial charge < -0.3 is 14.8 Å². The maximum Gasteiger partial charge on any atom is 0.356 e. The molecule has 0 fully saturated rings. The van der Waals surface area contributed by atoms with Crippen LogP contribution < -0.4 is 10.1 Å². The Kier molecular flexibility index (Phi) is 4.62. The van der Waals surface area contributed by atoms with E-state index in [2.05, 4.69) is 10.4 Å². The van der Waals surface area contributed by atoms with Crippen LogP contribution >= 0.6 is 0 Å². The molecule has 23 heavy (non-hydrogen) atoms. The Morgan fingerprint density at radius 2 is 2.30 bits per heavy atom. The molecule has 0 aliphatic carbocycles. The van der Waals surface area contributed by atoms with Crippen molar-refractivity contribution in [3.63, 3.8) is 0 Å². The summed E-state index contributed by atoms with van der Waals surface area (Å²) >= 11 is 0. The number of esters is 1. The van der Waals surface area contributed by atoms with E-state index in [0.717, 1.165) is 35.5 Å². The van der Waals surface area contributed by atoms with Crippen LogP contribution in [0.15, 0.2) is 24.3 Å². The summed E-state index contributed by atoms with van der Waals surface area (Å²) in [5.41, 5.74) is 3.52. The zero-order valence-corrected chi connectivity index (χ0v) is 13.5.